The van der Waals surface area contributed by atoms with Crippen LogP contribution >= 0.6 is 0 Å². The van der Waals surface area contributed by atoms with E-state index in [0.717, 1.165) is 24.3 Å². The van der Waals surface area contributed by atoms with Gasteiger partial charge in [-0.3, -0.25) is 14.5 Å². The van der Waals surface area contributed by atoms with E-state index in [1.54, 1.807) is 28.0 Å². The SMILES string of the molecule is CN1CCN(c2ccc(Nc3ncc(C#N)c(Nc4cccc(N5CCCC5=O)n4)n3)cc2)CC1=O. The van der Waals surface area contributed by atoms with Crippen LogP contribution in [0.25, 0.3) is 0 Å². The molecule has 5 rings (SSSR count). The lowest BCUT2D eigenvalue weighted by Gasteiger charge is -2.33. The fraction of sp³-hybridized carbons (Fsp3) is 0.280. The predicted octanol–water partition coefficient (Wildman–Crippen LogP) is 2.64. The third-order valence-corrected chi connectivity index (χ3v) is 6.19. The van der Waals surface area contributed by atoms with Crippen molar-refractivity contribution < 1.29 is 9.59 Å². The molecule has 11 heteroatoms. The van der Waals surface area contributed by atoms with E-state index in [0.29, 0.717) is 49.5 Å². The van der Waals surface area contributed by atoms with Crippen molar-refractivity contribution in [2.75, 3.05) is 53.7 Å². The van der Waals surface area contributed by atoms with Crippen LogP contribution in [0.15, 0.2) is 48.7 Å². The standard InChI is InChI=1S/C25H25N9O2/c1-32-12-13-33(16-23(32)36)19-9-7-18(8-10-19)28-25-27-15-17(14-26)24(31-25)30-20-4-2-5-21(29-20)34-11-3-6-22(34)35/h2,4-5,7-10,15H,3,6,11-13,16H2,1H3,(H2,27,28,29,30,31). The summed E-state index contributed by atoms with van der Waals surface area (Å²) in [5.74, 6) is 1.80. The molecule has 2 aliphatic rings. The number of rotatable bonds is 6. The minimum Gasteiger partial charge on any atom is -0.360 e. The van der Waals surface area contributed by atoms with Crippen LogP contribution in [0.2, 0.25) is 0 Å². The number of carbonyl (C=O) groups is 2. The third-order valence-electron chi connectivity index (χ3n) is 6.19. The highest BCUT2D eigenvalue weighted by atomic mass is 16.2. The molecule has 2 amide bonds. The summed E-state index contributed by atoms with van der Waals surface area (Å²) in [6.45, 7) is 2.48. The number of carbonyl (C=O) groups excluding carboxylic acids is 2. The Kier molecular flexibility index (Phi) is 6.32. The van der Waals surface area contributed by atoms with Gasteiger partial charge in [-0.25, -0.2) is 9.97 Å². The summed E-state index contributed by atoms with van der Waals surface area (Å²) in [6.07, 6.45) is 2.77. The zero-order valence-corrected chi connectivity index (χ0v) is 19.8. The third kappa shape index (κ3) is 4.88. The number of likely N-dealkylation sites (N-methyl/N-ethyl adjacent to an activating group) is 1. The molecule has 0 radical (unpaired) electrons. The predicted molar refractivity (Wildman–Crippen MR) is 135 cm³/mol. The molecule has 11 nitrogen and oxygen atoms in total. The highest BCUT2D eigenvalue weighted by molar-refractivity contribution is 5.94. The van der Waals surface area contributed by atoms with Gasteiger partial charge in [-0.2, -0.15) is 10.2 Å². The zero-order valence-electron chi connectivity index (χ0n) is 19.8. The summed E-state index contributed by atoms with van der Waals surface area (Å²) in [5.41, 5.74) is 2.00. The molecule has 182 valence electrons. The highest BCUT2D eigenvalue weighted by Gasteiger charge is 2.23. The molecule has 36 heavy (non-hydrogen) atoms. The van der Waals surface area contributed by atoms with Crippen LogP contribution in [0.1, 0.15) is 18.4 Å². The first kappa shape index (κ1) is 23.0. The number of anilines is 6. The molecule has 2 fully saturated rings. The molecule has 1 aromatic carbocycles. The molecule has 0 atom stereocenters. The molecule has 2 saturated heterocycles. The second-order valence-corrected chi connectivity index (χ2v) is 8.63. The Balaban J connectivity index is 1.31. The topological polar surface area (TPSA) is 130 Å². The number of pyridine rings is 1. The minimum absolute atomic E-state index is 0.0520. The molecular formula is C25H25N9O2. The summed E-state index contributed by atoms with van der Waals surface area (Å²) < 4.78 is 0. The van der Waals surface area contributed by atoms with Crippen molar-refractivity contribution in [2.24, 2.45) is 0 Å². The van der Waals surface area contributed by atoms with Crippen molar-refractivity contribution >= 4 is 46.6 Å². The van der Waals surface area contributed by atoms with Crippen LogP contribution in [-0.2, 0) is 9.59 Å². The van der Waals surface area contributed by atoms with Crippen LogP contribution < -0.4 is 20.4 Å². The molecule has 0 spiro atoms. The van der Waals surface area contributed by atoms with E-state index >= 15 is 0 Å². The first-order valence-electron chi connectivity index (χ1n) is 11.7. The van der Waals surface area contributed by atoms with Crippen molar-refractivity contribution in [1.29, 1.82) is 5.26 Å². The number of amides is 2. The van der Waals surface area contributed by atoms with Crippen LogP contribution in [0.4, 0.5) is 34.8 Å². The summed E-state index contributed by atoms with van der Waals surface area (Å²) >= 11 is 0. The maximum absolute atomic E-state index is 12.1. The maximum atomic E-state index is 12.1. The van der Waals surface area contributed by atoms with E-state index in [9.17, 15) is 14.9 Å². The lowest BCUT2D eigenvalue weighted by molar-refractivity contribution is -0.129. The number of hydrogen-bond donors (Lipinski definition) is 2. The van der Waals surface area contributed by atoms with E-state index in [2.05, 4.69) is 31.7 Å². The average Bonchev–Trinajstić information content (AvgIpc) is 3.32. The Morgan fingerprint density at radius 3 is 2.53 bits per heavy atom. The van der Waals surface area contributed by atoms with Crippen LogP contribution in [-0.4, -0.2) is 64.9 Å². The molecule has 3 aromatic rings. The first-order chi connectivity index (χ1) is 17.5. The molecule has 2 aliphatic heterocycles. The fourth-order valence-corrected chi connectivity index (χ4v) is 4.14. The molecule has 0 bridgehead atoms. The second-order valence-electron chi connectivity index (χ2n) is 8.63. The largest absolute Gasteiger partial charge is 0.360 e. The number of hydrogen-bond acceptors (Lipinski definition) is 9. The fourth-order valence-electron chi connectivity index (χ4n) is 4.14. The van der Waals surface area contributed by atoms with E-state index in [-0.39, 0.29) is 17.4 Å². The maximum Gasteiger partial charge on any atom is 0.241 e. The monoisotopic (exact) mass is 483 g/mol. The quantitative estimate of drug-likeness (QED) is 0.543. The van der Waals surface area contributed by atoms with Gasteiger partial charge in [-0.15, -0.1) is 0 Å². The number of aromatic nitrogens is 3. The van der Waals surface area contributed by atoms with Gasteiger partial charge in [-0.05, 0) is 42.8 Å². The van der Waals surface area contributed by atoms with E-state index in [1.165, 1.54) is 6.20 Å². The minimum atomic E-state index is 0.0520. The number of piperazine rings is 1. The summed E-state index contributed by atoms with van der Waals surface area (Å²) in [6, 6.07) is 15.1. The summed E-state index contributed by atoms with van der Waals surface area (Å²) in [5, 5.41) is 15.8. The number of nitriles is 1. The zero-order chi connectivity index (χ0) is 25.1. The van der Waals surface area contributed by atoms with Gasteiger partial charge >= 0.3 is 0 Å². The molecule has 0 saturated carbocycles. The van der Waals surface area contributed by atoms with Crippen LogP contribution in [0.3, 0.4) is 0 Å². The lowest BCUT2D eigenvalue weighted by Crippen LogP contribution is -2.48. The average molecular weight is 484 g/mol. The Hall–Kier alpha value is -4.72. The number of nitrogens with one attached hydrogen (secondary N) is 2. The van der Waals surface area contributed by atoms with Crippen molar-refractivity contribution in [1.82, 2.24) is 19.9 Å². The van der Waals surface area contributed by atoms with Gasteiger partial charge in [0.15, 0.2) is 5.82 Å². The Morgan fingerprint density at radius 1 is 0.972 bits per heavy atom. The van der Waals surface area contributed by atoms with E-state index in [1.807, 2.05) is 36.2 Å². The van der Waals surface area contributed by atoms with E-state index in [4.69, 9.17) is 0 Å². The molecule has 2 aromatic heterocycles. The van der Waals surface area contributed by atoms with Gasteiger partial charge in [-0.1, -0.05) is 6.07 Å². The van der Waals surface area contributed by atoms with Gasteiger partial charge < -0.3 is 20.4 Å². The normalized spacial score (nSPS) is 15.7. The van der Waals surface area contributed by atoms with Crippen molar-refractivity contribution in [3.05, 3.63) is 54.2 Å². The number of nitrogens with zero attached hydrogens (tertiary/aromatic N) is 7. The first-order valence-corrected chi connectivity index (χ1v) is 11.7. The Bertz CT molecular complexity index is 1340. The number of benzene rings is 1. The molecule has 4 heterocycles. The van der Waals surface area contributed by atoms with Gasteiger partial charge in [0, 0.05) is 44.5 Å². The Labute approximate surface area is 208 Å². The molecule has 0 unspecified atom stereocenters. The van der Waals surface area contributed by atoms with Crippen LogP contribution in [0.5, 0.6) is 0 Å². The summed E-state index contributed by atoms with van der Waals surface area (Å²) in [7, 11) is 1.81. The van der Waals surface area contributed by atoms with E-state index < -0.39 is 0 Å². The van der Waals surface area contributed by atoms with Gasteiger partial charge in [0.1, 0.15) is 23.3 Å². The van der Waals surface area contributed by atoms with Gasteiger partial charge in [0.05, 0.1) is 12.7 Å². The molecular weight excluding hydrogens is 458 g/mol. The lowest BCUT2D eigenvalue weighted by atomic mass is 10.2. The molecule has 0 aliphatic carbocycles. The van der Waals surface area contributed by atoms with Crippen molar-refractivity contribution in [2.45, 2.75) is 12.8 Å². The highest BCUT2D eigenvalue weighted by Crippen LogP contribution is 2.25. The second kappa shape index (κ2) is 9.87. The van der Waals surface area contributed by atoms with Gasteiger partial charge in [0.2, 0.25) is 17.8 Å². The van der Waals surface area contributed by atoms with Crippen LogP contribution in [0, 0.1) is 11.3 Å². The smallest absolute Gasteiger partial charge is 0.241 e. The molecule has 2 N–H and O–H groups in total. The van der Waals surface area contributed by atoms with Gasteiger partial charge in [0.25, 0.3) is 0 Å². The van der Waals surface area contributed by atoms with Crippen molar-refractivity contribution in [3.8, 4) is 6.07 Å². The van der Waals surface area contributed by atoms with Crippen molar-refractivity contribution in [3.63, 3.8) is 0 Å². The summed E-state index contributed by atoms with van der Waals surface area (Å²) in [4.78, 5) is 42.8. The Morgan fingerprint density at radius 2 is 1.81 bits per heavy atom.